The summed E-state index contributed by atoms with van der Waals surface area (Å²) in [6.45, 7) is -0.570. The van der Waals surface area contributed by atoms with Crippen molar-refractivity contribution in [2.24, 2.45) is 0 Å². The molecule has 1 fully saturated rings. The molecule has 1 aromatic rings. The molecule has 1 aliphatic heterocycles. The van der Waals surface area contributed by atoms with E-state index in [4.69, 9.17) is 5.11 Å². The van der Waals surface area contributed by atoms with E-state index in [0.29, 0.717) is 5.69 Å². The van der Waals surface area contributed by atoms with Crippen LogP contribution in [0.15, 0.2) is 18.7 Å². The molecule has 0 spiro atoms. The van der Waals surface area contributed by atoms with Gasteiger partial charge in [-0.3, -0.25) is 4.79 Å². The summed E-state index contributed by atoms with van der Waals surface area (Å²) in [4.78, 5) is 31.5. The molecule has 1 aliphatic rings. The maximum absolute atomic E-state index is 12.1. The fourth-order valence-corrected chi connectivity index (χ4v) is 3.82. The monoisotopic (exact) mass is 314 g/mol. The minimum atomic E-state index is -3.22. The molecule has 2 heterocycles. The van der Waals surface area contributed by atoms with Crippen LogP contribution in [0.5, 0.6) is 0 Å². The number of amides is 2. The van der Waals surface area contributed by atoms with Crippen LogP contribution in [0.3, 0.4) is 0 Å². The lowest BCUT2D eigenvalue weighted by Gasteiger charge is -2.26. The summed E-state index contributed by atoms with van der Waals surface area (Å²) in [6.07, 6.45) is 4.23. The molecule has 1 atom stereocenters. The molecule has 9 nitrogen and oxygen atoms in total. The fraction of sp³-hybridized carbons (Fsp3) is 0.455. The van der Waals surface area contributed by atoms with Crippen LogP contribution in [0.1, 0.15) is 6.42 Å². The van der Waals surface area contributed by atoms with Crippen molar-refractivity contribution >= 4 is 27.5 Å². The number of hydrogen-bond donors (Lipinski definition) is 2. The van der Waals surface area contributed by atoms with Crippen LogP contribution in [0.25, 0.3) is 0 Å². The number of aromatic nitrogens is 2. The van der Waals surface area contributed by atoms with Crippen LogP contribution in [0.4, 0.5) is 10.5 Å². The number of anilines is 1. The number of sulfone groups is 1. The third-order valence-corrected chi connectivity index (χ3v) is 4.78. The number of carbonyl (C=O) groups is 2. The largest absolute Gasteiger partial charge is 0.480 e. The molecule has 0 aliphatic carbocycles. The Balaban J connectivity index is 2.12. The molecule has 2 rings (SSSR count). The van der Waals surface area contributed by atoms with Crippen molar-refractivity contribution in [3.05, 3.63) is 18.7 Å². The topological polar surface area (TPSA) is 130 Å². The summed E-state index contributed by atoms with van der Waals surface area (Å²) in [5.74, 6) is -1.48. The van der Waals surface area contributed by atoms with Gasteiger partial charge in [0.05, 0.1) is 29.6 Å². The second-order valence-corrected chi connectivity index (χ2v) is 6.86. The van der Waals surface area contributed by atoms with Crippen molar-refractivity contribution < 1.29 is 23.1 Å². The van der Waals surface area contributed by atoms with Gasteiger partial charge in [0.1, 0.15) is 12.9 Å². The summed E-state index contributed by atoms with van der Waals surface area (Å²) in [6, 6.07) is -1.33. The molecule has 1 saturated heterocycles. The van der Waals surface area contributed by atoms with E-state index in [0.717, 1.165) is 4.90 Å². The zero-order valence-corrected chi connectivity index (χ0v) is 11.8. The summed E-state index contributed by atoms with van der Waals surface area (Å²) >= 11 is 0. The number of nitrogens with one attached hydrogen (secondary N) is 1. The van der Waals surface area contributed by atoms with E-state index in [1.165, 1.54) is 18.7 Å². The molecule has 10 heteroatoms. The number of carboxylic acid groups (broad SMARTS) is 1. The van der Waals surface area contributed by atoms with Crippen LogP contribution >= 0.6 is 0 Å². The molecule has 0 radical (unpaired) electrons. The summed E-state index contributed by atoms with van der Waals surface area (Å²) in [7, 11) is -3.22. The van der Waals surface area contributed by atoms with Gasteiger partial charge in [0.25, 0.3) is 0 Å². The van der Waals surface area contributed by atoms with Crippen molar-refractivity contribution in [1.29, 1.82) is 0 Å². The van der Waals surface area contributed by atoms with Crippen LogP contribution in [-0.4, -0.2) is 64.5 Å². The van der Waals surface area contributed by atoms with E-state index in [1.807, 2.05) is 0 Å². The van der Waals surface area contributed by atoms with Gasteiger partial charge in [-0.2, -0.15) is 0 Å². The first-order chi connectivity index (χ1) is 9.87. The Morgan fingerprint density at radius 2 is 2.05 bits per heavy atom. The highest BCUT2D eigenvalue weighted by molar-refractivity contribution is 7.91. The zero-order chi connectivity index (χ0) is 15.5. The van der Waals surface area contributed by atoms with Crippen molar-refractivity contribution in [2.75, 3.05) is 23.4 Å². The third-order valence-electron chi connectivity index (χ3n) is 3.03. The maximum Gasteiger partial charge on any atom is 0.323 e. The molecule has 21 heavy (non-hydrogen) atoms. The number of hydrogen-bond acceptors (Lipinski definition) is 6. The van der Waals surface area contributed by atoms with Crippen LogP contribution in [0.2, 0.25) is 0 Å². The first-order valence-corrected chi connectivity index (χ1v) is 7.94. The Hall–Kier alpha value is -2.23. The highest BCUT2D eigenvalue weighted by Gasteiger charge is 2.35. The van der Waals surface area contributed by atoms with Crippen molar-refractivity contribution in [2.45, 2.75) is 12.5 Å². The predicted octanol–water partition coefficient (Wildman–Crippen LogP) is -0.418. The smallest absolute Gasteiger partial charge is 0.323 e. The molecule has 0 aromatic carbocycles. The van der Waals surface area contributed by atoms with Gasteiger partial charge in [0, 0.05) is 6.04 Å². The first kappa shape index (κ1) is 15.2. The number of nitrogens with zero attached hydrogens (tertiary/aromatic N) is 3. The Morgan fingerprint density at radius 3 is 2.57 bits per heavy atom. The molecule has 0 saturated carbocycles. The lowest BCUT2D eigenvalue weighted by atomic mass is 10.2. The van der Waals surface area contributed by atoms with Crippen LogP contribution in [0, 0.1) is 0 Å². The van der Waals surface area contributed by atoms with Crippen molar-refractivity contribution in [3.63, 3.8) is 0 Å². The first-order valence-electron chi connectivity index (χ1n) is 6.12. The zero-order valence-electron chi connectivity index (χ0n) is 11.0. The highest BCUT2D eigenvalue weighted by Crippen LogP contribution is 2.18. The summed E-state index contributed by atoms with van der Waals surface area (Å²) in [5.41, 5.74) is 0.304. The summed E-state index contributed by atoms with van der Waals surface area (Å²) in [5, 5.41) is 11.3. The second kappa shape index (κ2) is 6.04. The molecular weight excluding hydrogens is 300 g/mol. The van der Waals surface area contributed by atoms with E-state index in [9.17, 15) is 18.0 Å². The average molecular weight is 314 g/mol. The van der Waals surface area contributed by atoms with E-state index in [1.54, 1.807) is 0 Å². The predicted molar refractivity (Wildman–Crippen MR) is 72.5 cm³/mol. The van der Waals surface area contributed by atoms with Gasteiger partial charge in [-0.1, -0.05) is 0 Å². The lowest BCUT2D eigenvalue weighted by molar-refractivity contribution is -0.138. The number of rotatable bonds is 4. The molecule has 1 aromatic heterocycles. The summed E-state index contributed by atoms with van der Waals surface area (Å²) < 4.78 is 23.0. The molecule has 114 valence electrons. The Labute approximate surface area is 120 Å². The Kier molecular flexibility index (Phi) is 4.36. The normalized spacial score (nSPS) is 19.9. The number of carbonyl (C=O) groups excluding carboxylic acids is 1. The van der Waals surface area contributed by atoms with E-state index < -0.39 is 34.4 Å². The lowest BCUT2D eigenvalue weighted by Crippen LogP contribution is -2.46. The average Bonchev–Trinajstić information content (AvgIpc) is 2.77. The van der Waals surface area contributed by atoms with Crippen molar-refractivity contribution in [3.8, 4) is 0 Å². The standard InChI is InChI=1S/C11H14N4O5S/c16-10(17)5-15(9-1-2-21(19,20)6-9)11(18)14-8-3-12-7-13-4-8/h3-4,7,9H,1-2,5-6H2,(H,14,18)(H,16,17). The molecular formula is C11H14N4O5S. The quantitative estimate of drug-likeness (QED) is 0.772. The minimum Gasteiger partial charge on any atom is -0.480 e. The molecule has 2 N–H and O–H groups in total. The number of urea groups is 1. The highest BCUT2D eigenvalue weighted by atomic mass is 32.2. The number of aliphatic carboxylic acids is 1. The number of carboxylic acids is 1. The van der Waals surface area contributed by atoms with E-state index >= 15 is 0 Å². The SMILES string of the molecule is O=C(O)CN(C(=O)Nc1cncnc1)C1CCS(=O)(=O)C1. The second-order valence-electron chi connectivity index (χ2n) is 4.64. The maximum atomic E-state index is 12.1. The Bertz CT molecular complexity index is 633. The van der Waals surface area contributed by atoms with Gasteiger partial charge >= 0.3 is 12.0 Å². The third kappa shape index (κ3) is 4.12. The molecule has 1 unspecified atom stereocenters. The van der Waals surface area contributed by atoms with Gasteiger partial charge in [0.15, 0.2) is 9.84 Å². The van der Waals surface area contributed by atoms with Gasteiger partial charge in [0.2, 0.25) is 0 Å². The van der Waals surface area contributed by atoms with Gasteiger partial charge in [-0.05, 0) is 6.42 Å². The van der Waals surface area contributed by atoms with E-state index in [-0.39, 0.29) is 17.9 Å². The fourth-order valence-electron chi connectivity index (χ4n) is 2.09. The van der Waals surface area contributed by atoms with Gasteiger partial charge < -0.3 is 15.3 Å². The Morgan fingerprint density at radius 1 is 1.38 bits per heavy atom. The molecule has 0 bridgehead atoms. The van der Waals surface area contributed by atoms with Crippen LogP contribution < -0.4 is 5.32 Å². The van der Waals surface area contributed by atoms with Crippen molar-refractivity contribution in [1.82, 2.24) is 14.9 Å². The molecule has 2 amide bonds. The minimum absolute atomic E-state index is 0.0461. The van der Waals surface area contributed by atoms with Gasteiger partial charge in [-0.15, -0.1) is 0 Å². The van der Waals surface area contributed by atoms with Gasteiger partial charge in [-0.25, -0.2) is 23.2 Å². The van der Waals surface area contributed by atoms with E-state index in [2.05, 4.69) is 15.3 Å². The van der Waals surface area contributed by atoms with Crippen LogP contribution in [-0.2, 0) is 14.6 Å².